The maximum absolute atomic E-state index is 11.9. The molecule has 0 aromatic heterocycles. The highest BCUT2D eigenvalue weighted by Gasteiger charge is 2.45. The molecule has 1 fully saturated rings. The van der Waals surface area contributed by atoms with E-state index in [4.69, 9.17) is 14.2 Å². The summed E-state index contributed by atoms with van der Waals surface area (Å²) in [7, 11) is 1.61. The standard InChI is InChI=1S/C15H18O5/c1-18-8-10-6-12-13(20-9-19-12)7-11(10)15(14(16)17)4-2-3-5-15/h6-7H,2-5,8-9H2,1H3,(H,16,17). The molecule has 5 heteroatoms. The molecule has 1 aromatic carbocycles. The van der Waals surface area contributed by atoms with Gasteiger partial charge in [-0.2, -0.15) is 0 Å². The second kappa shape index (κ2) is 4.98. The van der Waals surface area contributed by atoms with E-state index in [0.717, 1.165) is 24.0 Å². The largest absolute Gasteiger partial charge is 0.481 e. The summed E-state index contributed by atoms with van der Waals surface area (Å²) in [5.74, 6) is 0.540. The number of hydrogen-bond acceptors (Lipinski definition) is 4. The van der Waals surface area contributed by atoms with Crippen molar-refractivity contribution in [3.8, 4) is 11.5 Å². The molecule has 108 valence electrons. The lowest BCUT2D eigenvalue weighted by molar-refractivity contribution is -0.143. The van der Waals surface area contributed by atoms with Crippen LogP contribution in [0.2, 0.25) is 0 Å². The summed E-state index contributed by atoms with van der Waals surface area (Å²) in [6, 6.07) is 3.68. The summed E-state index contributed by atoms with van der Waals surface area (Å²) < 4.78 is 16.0. The summed E-state index contributed by atoms with van der Waals surface area (Å²) in [4.78, 5) is 11.9. The second-order valence-corrected chi connectivity index (χ2v) is 5.39. The van der Waals surface area contributed by atoms with E-state index in [-0.39, 0.29) is 6.79 Å². The number of carboxylic acids is 1. The molecule has 0 radical (unpaired) electrons. The van der Waals surface area contributed by atoms with Gasteiger partial charge < -0.3 is 19.3 Å². The van der Waals surface area contributed by atoms with Gasteiger partial charge in [0.1, 0.15) is 0 Å². The van der Waals surface area contributed by atoms with Crippen LogP contribution in [-0.2, 0) is 21.6 Å². The van der Waals surface area contributed by atoms with Crippen molar-refractivity contribution in [3.05, 3.63) is 23.3 Å². The van der Waals surface area contributed by atoms with Crippen LogP contribution in [0.4, 0.5) is 0 Å². The summed E-state index contributed by atoms with van der Waals surface area (Å²) in [5, 5.41) is 9.75. The van der Waals surface area contributed by atoms with Gasteiger partial charge in [-0.15, -0.1) is 0 Å². The molecule has 1 aromatic rings. The number of benzene rings is 1. The molecular formula is C15H18O5. The van der Waals surface area contributed by atoms with E-state index in [0.29, 0.717) is 30.9 Å². The topological polar surface area (TPSA) is 65.0 Å². The fourth-order valence-electron chi connectivity index (χ4n) is 3.28. The van der Waals surface area contributed by atoms with Crippen LogP contribution in [0.15, 0.2) is 12.1 Å². The molecule has 1 aliphatic heterocycles. The minimum atomic E-state index is -0.811. The number of rotatable bonds is 4. The van der Waals surface area contributed by atoms with Gasteiger partial charge in [-0.3, -0.25) is 4.79 Å². The van der Waals surface area contributed by atoms with E-state index >= 15 is 0 Å². The Kier molecular flexibility index (Phi) is 3.30. The van der Waals surface area contributed by atoms with Crippen molar-refractivity contribution in [2.75, 3.05) is 13.9 Å². The SMILES string of the molecule is COCc1cc2c(cc1C1(C(=O)O)CCCC1)OCO2. The summed E-state index contributed by atoms with van der Waals surface area (Å²) in [5.41, 5.74) is 0.879. The lowest BCUT2D eigenvalue weighted by atomic mass is 9.76. The Labute approximate surface area is 117 Å². The van der Waals surface area contributed by atoms with Crippen molar-refractivity contribution in [3.63, 3.8) is 0 Å². The highest BCUT2D eigenvalue weighted by Crippen LogP contribution is 2.46. The molecule has 0 atom stereocenters. The molecule has 1 aliphatic carbocycles. The molecule has 20 heavy (non-hydrogen) atoms. The quantitative estimate of drug-likeness (QED) is 0.916. The molecule has 0 amide bonds. The van der Waals surface area contributed by atoms with Crippen LogP contribution in [0, 0.1) is 0 Å². The Bertz CT molecular complexity index is 531. The van der Waals surface area contributed by atoms with Crippen molar-refractivity contribution in [2.24, 2.45) is 0 Å². The van der Waals surface area contributed by atoms with Gasteiger partial charge in [0.05, 0.1) is 12.0 Å². The molecule has 1 N–H and O–H groups in total. The number of fused-ring (bicyclic) bond motifs is 1. The molecule has 0 bridgehead atoms. The lowest BCUT2D eigenvalue weighted by Crippen LogP contribution is -2.33. The van der Waals surface area contributed by atoms with Crippen molar-refractivity contribution in [2.45, 2.75) is 37.7 Å². The highest BCUT2D eigenvalue weighted by atomic mass is 16.7. The van der Waals surface area contributed by atoms with Gasteiger partial charge in [0.25, 0.3) is 0 Å². The van der Waals surface area contributed by atoms with Gasteiger partial charge in [-0.1, -0.05) is 12.8 Å². The van der Waals surface area contributed by atoms with Gasteiger partial charge >= 0.3 is 5.97 Å². The summed E-state index contributed by atoms with van der Waals surface area (Å²) in [6.07, 6.45) is 3.21. The van der Waals surface area contributed by atoms with Gasteiger partial charge in [0.15, 0.2) is 11.5 Å². The van der Waals surface area contributed by atoms with E-state index in [2.05, 4.69) is 0 Å². The van der Waals surface area contributed by atoms with Crippen molar-refractivity contribution in [1.29, 1.82) is 0 Å². The van der Waals surface area contributed by atoms with Gasteiger partial charge in [-0.05, 0) is 36.1 Å². The zero-order valence-corrected chi connectivity index (χ0v) is 11.5. The number of aliphatic carboxylic acids is 1. The van der Waals surface area contributed by atoms with Crippen molar-refractivity contribution in [1.82, 2.24) is 0 Å². The fourth-order valence-corrected chi connectivity index (χ4v) is 3.28. The normalized spacial score (nSPS) is 19.2. The lowest BCUT2D eigenvalue weighted by Gasteiger charge is -2.27. The van der Waals surface area contributed by atoms with E-state index in [9.17, 15) is 9.90 Å². The molecule has 2 aliphatic rings. The molecule has 0 spiro atoms. The Morgan fingerprint density at radius 2 is 1.95 bits per heavy atom. The van der Waals surface area contributed by atoms with Gasteiger partial charge in [0.2, 0.25) is 6.79 Å². The third-order valence-corrected chi connectivity index (χ3v) is 4.28. The second-order valence-electron chi connectivity index (χ2n) is 5.39. The van der Waals surface area contributed by atoms with Gasteiger partial charge in [-0.25, -0.2) is 0 Å². The maximum Gasteiger partial charge on any atom is 0.314 e. The molecule has 0 saturated heterocycles. The molecule has 0 unspecified atom stereocenters. The minimum Gasteiger partial charge on any atom is -0.481 e. The number of carbonyl (C=O) groups is 1. The maximum atomic E-state index is 11.9. The molecule has 1 saturated carbocycles. The predicted molar refractivity (Wildman–Crippen MR) is 71.1 cm³/mol. The summed E-state index contributed by atoms with van der Waals surface area (Å²) >= 11 is 0. The third kappa shape index (κ3) is 1.93. The number of carboxylic acid groups (broad SMARTS) is 1. The van der Waals surface area contributed by atoms with Crippen molar-refractivity contribution >= 4 is 5.97 Å². The van der Waals surface area contributed by atoms with E-state index < -0.39 is 11.4 Å². The monoisotopic (exact) mass is 278 g/mol. The minimum absolute atomic E-state index is 0.186. The average Bonchev–Trinajstić information content (AvgIpc) is 3.07. The Morgan fingerprint density at radius 3 is 2.55 bits per heavy atom. The number of hydrogen-bond donors (Lipinski definition) is 1. The Hall–Kier alpha value is -1.75. The first-order valence-electron chi connectivity index (χ1n) is 6.83. The number of ether oxygens (including phenoxy) is 3. The first-order valence-corrected chi connectivity index (χ1v) is 6.83. The Morgan fingerprint density at radius 1 is 1.30 bits per heavy atom. The molecular weight excluding hydrogens is 260 g/mol. The Balaban J connectivity index is 2.13. The van der Waals surface area contributed by atoms with E-state index in [1.165, 1.54) is 0 Å². The zero-order valence-electron chi connectivity index (χ0n) is 11.5. The zero-order chi connectivity index (χ0) is 14.2. The van der Waals surface area contributed by atoms with Crippen molar-refractivity contribution < 1.29 is 24.1 Å². The predicted octanol–water partition coefficient (Wildman–Crippen LogP) is 2.46. The van der Waals surface area contributed by atoms with Gasteiger partial charge in [0, 0.05) is 7.11 Å². The first kappa shape index (κ1) is 13.2. The van der Waals surface area contributed by atoms with Crippen LogP contribution in [0.5, 0.6) is 11.5 Å². The first-order chi connectivity index (χ1) is 9.67. The fraction of sp³-hybridized carbons (Fsp3) is 0.533. The van der Waals surface area contributed by atoms with Crippen LogP contribution in [0.3, 0.4) is 0 Å². The average molecular weight is 278 g/mol. The molecule has 5 nitrogen and oxygen atoms in total. The van der Waals surface area contributed by atoms with Crippen LogP contribution >= 0.6 is 0 Å². The smallest absolute Gasteiger partial charge is 0.314 e. The molecule has 3 rings (SSSR count). The van der Waals surface area contributed by atoms with Crippen LogP contribution < -0.4 is 9.47 Å². The summed E-state index contributed by atoms with van der Waals surface area (Å²) in [6.45, 7) is 0.562. The van der Waals surface area contributed by atoms with E-state index in [1.807, 2.05) is 12.1 Å². The van der Waals surface area contributed by atoms with Crippen LogP contribution in [-0.4, -0.2) is 25.0 Å². The number of methoxy groups -OCH3 is 1. The van der Waals surface area contributed by atoms with E-state index in [1.54, 1.807) is 7.11 Å². The highest BCUT2D eigenvalue weighted by molar-refractivity contribution is 5.83. The molecule has 1 heterocycles. The third-order valence-electron chi connectivity index (χ3n) is 4.28. The van der Waals surface area contributed by atoms with Crippen LogP contribution in [0.25, 0.3) is 0 Å². The van der Waals surface area contributed by atoms with Crippen LogP contribution in [0.1, 0.15) is 36.8 Å².